The van der Waals surface area contributed by atoms with Gasteiger partial charge in [0.25, 0.3) is 0 Å². The number of rotatable bonds is 5. The highest BCUT2D eigenvalue weighted by Crippen LogP contribution is 2.24. The Bertz CT molecular complexity index is 583. The molecule has 0 aliphatic heterocycles. The minimum absolute atomic E-state index is 0.379. The second kappa shape index (κ2) is 5.71. The van der Waals surface area contributed by atoms with Crippen molar-refractivity contribution in [3.05, 3.63) is 59.8 Å². The summed E-state index contributed by atoms with van der Waals surface area (Å²) in [6.45, 7) is 2.42. The number of aromatic nitrogens is 1. The van der Waals surface area contributed by atoms with Gasteiger partial charge in [0.05, 0.1) is 11.1 Å². The average molecular weight is 270 g/mol. The number of nitrogens with two attached hydrogens (primary N) is 2. The molecule has 5 heteroatoms. The molecule has 104 valence electrons. The number of anilines is 1. The van der Waals surface area contributed by atoms with Crippen LogP contribution in [0.5, 0.6) is 0 Å². The van der Waals surface area contributed by atoms with Crippen molar-refractivity contribution >= 4 is 11.7 Å². The van der Waals surface area contributed by atoms with Gasteiger partial charge in [0, 0.05) is 12.7 Å². The average Bonchev–Trinajstić information content (AvgIpc) is 2.48. The standard InChI is InChI=1S/C15H18N4O/c1-15(10-16,12-5-3-2-4-6-12)19-13-8-7-11(9-18-13)14(17)20/h2-9H,10,16H2,1H3,(H2,17,20)(H,18,19). The molecule has 0 aliphatic rings. The Morgan fingerprint density at radius 3 is 2.45 bits per heavy atom. The largest absolute Gasteiger partial charge is 0.366 e. The fourth-order valence-corrected chi connectivity index (χ4v) is 1.94. The Morgan fingerprint density at radius 1 is 1.25 bits per heavy atom. The topological polar surface area (TPSA) is 94.0 Å². The van der Waals surface area contributed by atoms with Crippen molar-refractivity contribution in [3.63, 3.8) is 0 Å². The molecule has 0 spiro atoms. The highest BCUT2D eigenvalue weighted by Gasteiger charge is 2.24. The summed E-state index contributed by atoms with van der Waals surface area (Å²) < 4.78 is 0. The van der Waals surface area contributed by atoms with E-state index in [1.54, 1.807) is 12.1 Å². The minimum Gasteiger partial charge on any atom is -0.366 e. The Hall–Kier alpha value is -2.40. The van der Waals surface area contributed by atoms with Gasteiger partial charge in [0.2, 0.25) is 5.91 Å². The molecule has 1 aromatic heterocycles. The number of hydrogen-bond acceptors (Lipinski definition) is 4. The normalized spacial score (nSPS) is 13.5. The van der Waals surface area contributed by atoms with Crippen molar-refractivity contribution in [2.24, 2.45) is 11.5 Å². The number of primary amides is 1. The molecule has 0 saturated heterocycles. The van der Waals surface area contributed by atoms with Crippen LogP contribution in [0.4, 0.5) is 5.82 Å². The highest BCUT2D eigenvalue weighted by atomic mass is 16.1. The van der Waals surface area contributed by atoms with E-state index in [1.165, 1.54) is 6.20 Å². The molecule has 0 bridgehead atoms. The molecule has 0 radical (unpaired) electrons. The van der Waals surface area contributed by atoms with E-state index in [1.807, 2.05) is 37.3 Å². The van der Waals surface area contributed by atoms with Crippen molar-refractivity contribution in [3.8, 4) is 0 Å². The lowest BCUT2D eigenvalue weighted by Gasteiger charge is -2.30. The molecule has 1 amide bonds. The van der Waals surface area contributed by atoms with Crippen molar-refractivity contribution < 1.29 is 4.79 Å². The van der Waals surface area contributed by atoms with Gasteiger partial charge in [-0.25, -0.2) is 4.98 Å². The zero-order chi connectivity index (χ0) is 14.6. The van der Waals surface area contributed by atoms with Crippen LogP contribution in [0.3, 0.4) is 0 Å². The van der Waals surface area contributed by atoms with Crippen LogP contribution in [0.1, 0.15) is 22.8 Å². The number of benzene rings is 1. The van der Waals surface area contributed by atoms with Gasteiger partial charge in [-0.15, -0.1) is 0 Å². The van der Waals surface area contributed by atoms with Gasteiger partial charge in [-0.1, -0.05) is 30.3 Å². The predicted octanol–water partition coefficient (Wildman–Crippen LogP) is 1.47. The van der Waals surface area contributed by atoms with Crippen LogP contribution in [-0.4, -0.2) is 17.4 Å². The first kappa shape index (κ1) is 14.0. The number of nitrogens with one attached hydrogen (secondary N) is 1. The van der Waals surface area contributed by atoms with Crippen LogP contribution >= 0.6 is 0 Å². The van der Waals surface area contributed by atoms with E-state index < -0.39 is 11.4 Å². The molecule has 1 unspecified atom stereocenters. The van der Waals surface area contributed by atoms with Crippen LogP contribution in [0, 0.1) is 0 Å². The molecule has 1 aromatic carbocycles. The Kier molecular flexibility index (Phi) is 4.00. The molecule has 2 rings (SSSR count). The van der Waals surface area contributed by atoms with Gasteiger partial charge in [-0.3, -0.25) is 4.79 Å². The molecule has 20 heavy (non-hydrogen) atoms. The van der Waals surface area contributed by atoms with Gasteiger partial charge in [0.1, 0.15) is 5.82 Å². The second-order valence-corrected chi connectivity index (χ2v) is 4.82. The van der Waals surface area contributed by atoms with Gasteiger partial charge in [-0.2, -0.15) is 0 Å². The summed E-state index contributed by atoms with van der Waals surface area (Å²) in [6.07, 6.45) is 1.45. The summed E-state index contributed by atoms with van der Waals surface area (Å²) >= 11 is 0. The van der Waals surface area contributed by atoms with Crippen LogP contribution in [-0.2, 0) is 5.54 Å². The van der Waals surface area contributed by atoms with Gasteiger partial charge in [0.15, 0.2) is 0 Å². The summed E-state index contributed by atoms with van der Waals surface area (Å²) in [5, 5.41) is 3.30. The SMILES string of the molecule is CC(CN)(Nc1ccc(C(N)=O)cn1)c1ccccc1. The third-order valence-electron chi connectivity index (χ3n) is 3.27. The fourth-order valence-electron chi connectivity index (χ4n) is 1.94. The number of nitrogens with zero attached hydrogens (tertiary/aromatic N) is 1. The van der Waals surface area contributed by atoms with Crippen LogP contribution in [0.2, 0.25) is 0 Å². The molecule has 5 nitrogen and oxygen atoms in total. The lowest BCUT2D eigenvalue weighted by Crippen LogP contribution is -2.40. The number of hydrogen-bond donors (Lipinski definition) is 3. The Morgan fingerprint density at radius 2 is 1.95 bits per heavy atom. The monoisotopic (exact) mass is 270 g/mol. The maximum Gasteiger partial charge on any atom is 0.250 e. The van der Waals surface area contributed by atoms with E-state index in [4.69, 9.17) is 11.5 Å². The quantitative estimate of drug-likeness (QED) is 0.766. The number of carbonyl (C=O) groups is 1. The maximum absolute atomic E-state index is 11.0. The molecule has 0 fully saturated rings. The molecular weight excluding hydrogens is 252 g/mol. The van der Waals surface area contributed by atoms with E-state index in [2.05, 4.69) is 10.3 Å². The molecule has 0 saturated carbocycles. The lowest BCUT2D eigenvalue weighted by atomic mass is 9.92. The third-order valence-corrected chi connectivity index (χ3v) is 3.27. The van der Waals surface area contributed by atoms with Gasteiger partial charge in [-0.05, 0) is 24.6 Å². The number of amides is 1. The molecule has 2 aromatic rings. The minimum atomic E-state index is -0.492. The fraction of sp³-hybridized carbons (Fsp3) is 0.200. The predicted molar refractivity (Wildman–Crippen MR) is 79.2 cm³/mol. The summed E-state index contributed by atoms with van der Waals surface area (Å²) in [7, 11) is 0. The van der Waals surface area contributed by atoms with Crippen LogP contribution in [0.15, 0.2) is 48.7 Å². The highest BCUT2D eigenvalue weighted by molar-refractivity contribution is 5.92. The smallest absolute Gasteiger partial charge is 0.250 e. The zero-order valence-electron chi connectivity index (χ0n) is 11.3. The van der Waals surface area contributed by atoms with E-state index >= 15 is 0 Å². The van der Waals surface area contributed by atoms with E-state index in [0.717, 1.165) is 5.56 Å². The first-order chi connectivity index (χ1) is 9.55. The summed E-state index contributed by atoms with van der Waals surface area (Å²) in [6, 6.07) is 13.3. The first-order valence-corrected chi connectivity index (χ1v) is 6.35. The Balaban J connectivity index is 2.24. The molecule has 1 heterocycles. The molecule has 5 N–H and O–H groups in total. The third kappa shape index (κ3) is 2.95. The number of pyridine rings is 1. The van der Waals surface area contributed by atoms with Crippen molar-refractivity contribution in [1.82, 2.24) is 4.98 Å². The summed E-state index contributed by atoms with van der Waals surface area (Å²) in [5.41, 5.74) is 12.1. The molecule has 0 aliphatic carbocycles. The van der Waals surface area contributed by atoms with E-state index in [0.29, 0.717) is 17.9 Å². The van der Waals surface area contributed by atoms with Crippen LogP contribution < -0.4 is 16.8 Å². The summed E-state index contributed by atoms with van der Waals surface area (Å²) in [4.78, 5) is 15.2. The van der Waals surface area contributed by atoms with Gasteiger partial charge >= 0.3 is 0 Å². The number of carbonyl (C=O) groups excluding carboxylic acids is 1. The van der Waals surface area contributed by atoms with Gasteiger partial charge < -0.3 is 16.8 Å². The lowest BCUT2D eigenvalue weighted by molar-refractivity contribution is 0.1000. The van der Waals surface area contributed by atoms with E-state index in [9.17, 15) is 4.79 Å². The first-order valence-electron chi connectivity index (χ1n) is 6.35. The molecular formula is C15H18N4O. The van der Waals surface area contributed by atoms with Crippen LogP contribution in [0.25, 0.3) is 0 Å². The second-order valence-electron chi connectivity index (χ2n) is 4.82. The Labute approximate surface area is 118 Å². The van der Waals surface area contributed by atoms with Crippen molar-refractivity contribution in [2.45, 2.75) is 12.5 Å². The molecule has 1 atom stereocenters. The maximum atomic E-state index is 11.0. The summed E-state index contributed by atoms with van der Waals surface area (Å²) in [5.74, 6) is 0.153. The van der Waals surface area contributed by atoms with Crippen molar-refractivity contribution in [2.75, 3.05) is 11.9 Å². The van der Waals surface area contributed by atoms with E-state index in [-0.39, 0.29) is 0 Å². The zero-order valence-corrected chi connectivity index (χ0v) is 11.3. The van der Waals surface area contributed by atoms with Crippen molar-refractivity contribution in [1.29, 1.82) is 0 Å².